The van der Waals surface area contributed by atoms with Crippen molar-refractivity contribution in [1.82, 2.24) is 9.78 Å². The molecule has 0 amide bonds. The Kier molecular flexibility index (Phi) is 3.99. The Morgan fingerprint density at radius 3 is 2.87 bits per heavy atom. The molecule has 0 aliphatic heterocycles. The second kappa shape index (κ2) is 5.04. The van der Waals surface area contributed by atoms with Crippen molar-refractivity contribution in [2.24, 2.45) is 12.8 Å². The summed E-state index contributed by atoms with van der Waals surface area (Å²) in [6, 6.07) is -0.248. The first-order valence-corrected chi connectivity index (χ1v) is 4.82. The van der Waals surface area contributed by atoms with Crippen molar-refractivity contribution >= 4 is 5.78 Å². The summed E-state index contributed by atoms with van der Waals surface area (Å²) in [4.78, 5) is 11.8. The molecule has 15 heavy (non-hydrogen) atoms. The van der Waals surface area contributed by atoms with Gasteiger partial charge in [-0.3, -0.25) is 9.48 Å². The molecule has 0 spiro atoms. The molecule has 1 aromatic heterocycles. The lowest BCUT2D eigenvalue weighted by Crippen LogP contribution is -2.28. The molecule has 0 saturated heterocycles. The van der Waals surface area contributed by atoms with Crippen LogP contribution in [0.1, 0.15) is 22.5 Å². The summed E-state index contributed by atoms with van der Waals surface area (Å²) in [6.45, 7) is 2.21. The lowest BCUT2D eigenvalue weighted by molar-refractivity contribution is 0.0948. The minimum atomic E-state index is -0.248. The van der Waals surface area contributed by atoms with Crippen LogP contribution in [0.3, 0.4) is 0 Å². The van der Waals surface area contributed by atoms with E-state index in [9.17, 15) is 4.79 Å². The SMILES string of the molecule is COCC(N)CC(=O)c1cn(C)nc1C. The van der Waals surface area contributed by atoms with Gasteiger partial charge in [-0.15, -0.1) is 0 Å². The number of ether oxygens (including phenoxy) is 1. The van der Waals surface area contributed by atoms with Gasteiger partial charge in [-0.1, -0.05) is 0 Å². The Balaban J connectivity index is 2.65. The van der Waals surface area contributed by atoms with Gasteiger partial charge in [-0.05, 0) is 6.92 Å². The van der Waals surface area contributed by atoms with Gasteiger partial charge in [-0.2, -0.15) is 5.10 Å². The molecule has 5 heteroatoms. The molecule has 0 bridgehead atoms. The first kappa shape index (κ1) is 11.9. The number of methoxy groups -OCH3 is 1. The van der Waals surface area contributed by atoms with Gasteiger partial charge in [0.05, 0.1) is 17.9 Å². The van der Waals surface area contributed by atoms with Gasteiger partial charge < -0.3 is 10.5 Å². The number of ketones is 1. The highest BCUT2D eigenvalue weighted by Crippen LogP contribution is 2.09. The van der Waals surface area contributed by atoms with Gasteiger partial charge in [0, 0.05) is 32.8 Å². The van der Waals surface area contributed by atoms with E-state index in [1.54, 1.807) is 25.0 Å². The van der Waals surface area contributed by atoms with Crippen molar-refractivity contribution < 1.29 is 9.53 Å². The quantitative estimate of drug-likeness (QED) is 0.710. The number of nitrogens with zero attached hydrogens (tertiary/aromatic N) is 2. The number of hydrogen-bond donors (Lipinski definition) is 1. The summed E-state index contributed by atoms with van der Waals surface area (Å²) in [5, 5.41) is 4.11. The summed E-state index contributed by atoms with van der Waals surface area (Å²) >= 11 is 0. The summed E-state index contributed by atoms with van der Waals surface area (Å²) in [5.41, 5.74) is 7.09. The zero-order valence-corrected chi connectivity index (χ0v) is 9.36. The molecule has 0 aliphatic rings. The Labute approximate surface area is 89.2 Å². The highest BCUT2D eigenvalue weighted by Gasteiger charge is 2.15. The molecule has 0 saturated carbocycles. The molecule has 1 aromatic rings. The largest absolute Gasteiger partial charge is 0.383 e. The number of hydrogen-bond acceptors (Lipinski definition) is 4. The molecule has 1 unspecified atom stereocenters. The predicted molar refractivity (Wildman–Crippen MR) is 56.7 cm³/mol. The number of Topliss-reactive ketones (excluding diaryl/α,β-unsaturated/α-hetero) is 1. The Morgan fingerprint density at radius 1 is 1.73 bits per heavy atom. The van der Waals surface area contributed by atoms with Crippen molar-refractivity contribution in [2.75, 3.05) is 13.7 Å². The normalized spacial score (nSPS) is 12.8. The Morgan fingerprint density at radius 2 is 2.40 bits per heavy atom. The van der Waals surface area contributed by atoms with E-state index in [0.717, 1.165) is 5.69 Å². The van der Waals surface area contributed by atoms with E-state index < -0.39 is 0 Å². The van der Waals surface area contributed by atoms with Crippen molar-refractivity contribution in [2.45, 2.75) is 19.4 Å². The van der Waals surface area contributed by atoms with Crippen molar-refractivity contribution in [3.8, 4) is 0 Å². The average molecular weight is 211 g/mol. The highest BCUT2D eigenvalue weighted by molar-refractivity contribution is 5.97. The first-order chi connectivity index (χ1) is 7.04. The standard InChI is InChI=1S/C10H17N3O2/c1-7-9(5-13(2)12-7)10(14)4-8(11)6-15-3/h5,8H,4,6,11H2,1-3H3. The van der Waals surface area contributed by atoms with E-state index in [4.69, 9.17) is 10.5 Å². The van der Waals surface area contributed by atoms with Crippen molar-refractivity contribution in [3.05, 3.63) is 17.5 Å². The van der Waals surface area contributed by atoms with E-state index in [0.29, 0.717) is 18.6 Å². The second-order valence-electron chi connectivity index (χ2n) is 3.64. The molecule has 0 fully saturated rings. The zero-order chi connectivity index (χ0) is 11.4. The van der Waals surface area contributed by atoms with Crippen LogP contribution in [0.15, 0.2) is 6.20 Å². The topological polar surface area (TPSA) is 70.1 Å². The van der Waals surface area contributed by atoms with Gasteiger partial charge in [0.1, 0.15) is 0 Å². The van der Waals surface area contributed by atoms with Crippen LogP contribution in [-0.4, -0.2) is 35.3 Å². The number of carbonyl (C=O) groups is 1. The summed E-state index contributed by atoms with van der Waals surface area (Å²) in [5.74, 6) is 0.0187. The van der Waals surface area contributed by atoms with E-state index in [1.807, 2.05) is 6.92 Å². The summed E-state index contributed by atoms with van der Waals surface area (Å²) in [7, 11) is 3.36. The minimum Gasteiger partial charge on any atom is -0.383 e. The maximum atomic E-state index is 11.8. The van der Waals surface area contributed by atoms with Crippen LogP contribution in [-0.2, 0) is 11.8 Å². The fourth-order valence-electron chi connectivity index (χ4n) is 1.49. The number of aryl methyl sites for hydroxylation is 2. The molecule has 1 rings (SSSR count). The molecule has 0 aliphatic carbocycles. The van der Waals surface area contributed by atoms with E-state index >= 15 is 0 Å². The lowest BCUT2D eigenvalue weighted by atomic mass is 10.1. The monoisotopic (exact) mass is 211 g/mol. The number of nitrogens with two attached hydrogens (primary N) is 1. The maximum absolute atomic E-state index is 11.8. The fourth-order valence-corrected chi connectivity index (χ4v) is 1.49. The third kappa shape index (κ3) is 3.14. The average Bonchev–Trinajstić information content (AvgIpc) is 2.45. The van der Waals surface area contributed by atoms with Crippen LogP contribution in [0.2, 0.25) is 0 Å². The number of aromatic nitrogens is 2. The zero-order valence-electron chi connectivity index (χ0n) is 9.36. The highest BCUT2D eigenvalue weighted by atomic mass is 16.5. The molecule has 0 radical (unpaired) electrons. The minimum absolute atomic E-state index is 0.0187. The Hall–Kier alpha value is -1.20. The first-order valence-electron chi connectivity index (χ1n) is 4.82. The molecular weight excluding hydrogens is 194 g/mol. The Bertz CT molecular complexity index is 346. The smallest absolute Gasteiger partial charge is 0.167 e. The number of rotatable bonds is 5. The van der Waals surface area contributed by atoms with Crippen molar-refractivity contribution in [3.63, 3.8) is 0 Å². The molecule has 0 aromatic carbocycles. The lowest BCUT2D eigenvalue weighted by Gasteiger charge is -2.08. The second-order valence-corrected chi connectivity index (χ2v) is 3.64. The van der Waals surface area contributed by atoms with Crippen LogP contribution < -0.4 is 5.73 Å². The van der Waals surface area contributed by atoms with Gasteiger partial charge in [-0.25, -0.2) is 0 Å². The van der Waals surface area contributed by atoms with E-state index in [1.165, 1.54) is 0 Å². The van der Waals surface area contributed by atoms with Crippen LogP contribution in [0.4, 0.5) is 0 Å². The fraction of sp³-hybridized carbons (Fsp3) is 0.600. The predicted octanol–water partition coefficient (Wildman–Crippen LogP) is 0.275. The van der Waals surface area contributed by atoms with Crippen LogP contribution >= 0.6 is 0 Å². The van der Waals surface area contributed by atoms with Gasteiger partial charge in [0.2, 0.25) is 0 Å². The molecule has 2 N–H and O–H groups in total. The molecule has 1 atom stereocenters. The van der Waals surface area contributed by atoms with Crippen molar-refractivity contribution in [1.29, 1.82) is 0 Å². The summed E-state index contributed by atoms with van der Waals surface area (Å²) in [6.07, 6.45) is 2.01. The summed E-state index contributed by atoms with van der Waals surface area (Å²) < 4.78 is 6.51. The van der Waals surface area contributed by atoms with Crippen LogP contribution in [0.25, 0.3) is 0 Å². The maximum Gasteiger partial charge on any atom is 0.167 e. The third-order valence-corrected chi connectivity index (χ3v) is 2.14. The molecule has 5 nitrogen and oxygen atoms in total. The van der Waals surface area contributed by atoms with Crippen LogP contribution in [0, 0.1) is 6.92 Å². The van der Waals surface area contributed by atoms with Gasteiger partial charge in [0.25, 0.3) is 0 Å². The van der Waals surface area contributed by atoms with Gasteiger partial charge >= 0.3 is 0 Å². The third-order valence-electron chi connectivity index (χ3n) is 2.14. The molecular formula is C10H17N3O2. The molecule has 1 heterocycles. The number of carbonyl (C=O) groups excluding carboxylic acids is 1. The van der Waals surface area contributed by atoms with E-state index in [2.05, 4.69) is 5.10 Å². The van der Waals surface area contributed by atoms with E-state index in [-0.39, 0.29) is 11.8 Å². The van der Waals surface area contributed by atoms with Crippen LogP contribution in [0.5, 0.6) is 0 Å². The van der Waals surface area contributed by atoms with Gasteiger partial charge in [0.15, 0.2) is 5.78 Å². The molecule has 84 valence electrons.